The Morgan fingerprint density at radius 3 is 2.09 bits per heavy atom. The number of amides is 1. The number of aryl methyl sites for hydroxylation is 2. The van der Waals surface area contributed by atoms with Crippen LogP contribution in [-0.4, -0.2) is 11.0 Å². The second-order valence-electron chi connectivity index (χ2n) is 5.03. The van der Waals surface area contributed by atoms with Gasteiger partial charge in [0, 0.05) is 5.56 Å². The Balaban J connectivity index is 2.10. The van der Waals surface area contributed by atoms with Crippen LogP contribution in [0.1, 0.15) is 21.5 Å². The molecule has 1 amide bonds. The zero-order chi connectivity index (χ0) is 17.1. The monoisotopic (exact) mass is 386 g/mol. The highest BCUT2D eigenvalue weighted by molar-refractivity contribution is 7.80. The van der Waals surface area contributed by atoms with Crippen LogP contribution >= 0.6 is 47.0 Å². The standard InChI is InChI=1S/C16H13Cl3N2OS/c1-8-3-9(2)5-10(4-8)15(22)21-16(23)20-14-7-12(18)11(17)6-13(14)19/h3-7H,1-2H3,(H2,20,21,22,23). The number of hydrogen-bond acceptors (Lipinski definition) is 2. The minimum atomic E-state index is -0.300. The second-order valence-corrected chi connectivity index (χ2v) is 6.66. The number of halogens is 3. The Labute approximate surface area is 154 Å². The molecular weight excluding hydrogens is 375 g/mol. The first kappa shape index (κ1) is 18.0. The lowest BCUT2D eigenvalue weighted by Crippen LogP contribution is -2.34. The van der Waals surface area contributed by atoms with Gasteiger partial charge in [-0.1, -0.05) is 52.0 Å². The van der Waals surface area contributed by atoms with E-state index in [-0.39, 0.29) is 11.0 Å². The summed E-state index contributed by atoms with van der Waals surface area (Å²) in [6.07, 6.45) is 0. The number of hydrogen-bond donors (Lipinski definition) is 2. The lowest BCUT2D eigenvalue weighted by atomic mass is 10.1. The zero-order valence-electron chi connectivity index (χ0n) is 12.3. The smallest absolute Gasteiger partial charge is 0.257 e. The summed E-state index contributed by atoms with van der Waals surface area (Å²) in [7, 11) is 0. The molecule has 120 valence electrons. The maximum absolute atomic E-state index is 12.2. The fourth-order valence-electron chi connectivity index (χ4n) is 2.05. The molecule has 2 aromatic rings. The molecule has 7 heteroatoms. The van der Waals surface area contributed by atoms with Crippen molar-refractivity contribution in [3.63, 3.8) is 0 Å². The molecule has 0 bridgehead atoms. The third-order valence-electron chi connectivity index (χ3n) is 2.97. The molecule has 2 aromatic carbocycles. The number of anilines is 1. The Morgan fingerprint density at radius 2 is 1.48 bits per heavy atom. The number of nitrogens with one attached hydrogen (secondary N) is 2. The first-order valence-corrected chi connectivity index (χ1v) is 8.15. The summed E-state index contributed by atoms with van der Waals surface area (Å²) in [5.41, 5.74) is 3.00. The topological polar surface area (TPSA) is 41.1 Å². The van der Waals surface area contributed by atoms with Gasteiger partial charge in [-0.25, -0.2) is 0 Å². The average molecular weight is 388 g/mol. The summed E-state index contributed by atoms with van der Waals surface area (Å²) in [6.45, 7) is 3.85. The number of rotatable bonds is 2. The van der Waals surface area contributed by atoms with Crippen molar-refractivity contribution < 1.29 is 4.79 Å². The first-order chi connectivity index (χ1) is 10.8. The Morgan fingerprint density at radius 1 is 0.913 bits per heavy atom. The SMILES string of the molecule is Cc1cc(C)cc(C(=O)NC(=S)Nc2cc(Cl)c(Cl)cc2Cl)c1. The fourth-order valence-corrected chi connectivity index (χ4v) is 2.85. The Hall–Kier alpha value is -1.33. The highest BCUT2D eigenvalue weighted by Crippen LogP contribution is 2.32. The normalized spacial score (nSPS) is 10.3. The first-order valence-electron chi connectivity index (χ1n) is 6.61. The van der Waals surface area contributed by atoms with E-state index in [0.717, 1.165) is 11.1 Å². The molecule has 0 aliphatic heterocycles. The molecular formula is C16H13Cl3N2OS. The molecule has 0 atom stereocenters. The molecule has 2 rings (SSSR count). The van der Waals surface area contributed by atoms with E-state index in [4.69, 9.17) is 47.0 Å². The molecule has 0 saturated heterocycles. The third kappa shape index (κ3) is 4.82. The number of benzene rings is 2. The van der Waals surface area contributed by atoms with Crippen LogP contribution in [0.2, 0.25) is 15.1 Å². The molecule has 0 saturated carbocycles. The summed E-state index contributed by atoms with van der Waals surface area (Å²) in [6, 6.07) is 8.61. The van der Waals surface area contributed by atoms with Crippen molar-refractivity contribution in [1.29, 1.82) is 0 Å². The van der Waals surface area contributed by atoms with Crippen LogP contribution < -0.4 is 10.6 Å². The summed E-state index contributed by atoms with van der Waals surface area (Å²) in [5.74, 6) is -0.300. The van der Waals surface area contributed by atoms with Crippen LogP contribution in [0, 0.1) is 13.8 Å². The maximum Gasteiger partial charge on any atom is 0.257 e. The van der Waals surface area contributed by atoms with Gasteiger partial charge in [0.2, 0.25) is 0 Å². The van der Waals surface area contributed by atoms with Gasteiger partial charge >= 0.3 is 0 Å². The number of carbonyl (C=O) groups is 1. The van der Waals surface area contributed by atoms with Crippen LogP contribution in [-0.2, 0) is 0 Å². The number of carbonyl (C=O) groups excluding carboxylic acids is 1. The Bertz CT molecular complexity index is 773. The molecule has 0 spiro atoms. The number of thiocarbonyl (C=S) groups is 1. The minimum absolute atomic E-state index is 0.120. The molecule has 0 heterocycles. The van der Waals surface area contributed by atoms with Gasteiger partial charge in [-0.15, -0.1) is 0 Å². The van der Waals surface area contributed by atoms with Crippen LogP contribution in [0.5, 0.6) is 0 Å². The average Bonchev–Trinajstić information content (AvgIpc) is 2.43. The van der Waals surface area contributed by atoms with Gasteiger partial charge in [-0.05, 0) is 50.3 Å². The van der Waals surface area contributed by atoms with E-state index in [0.29, 0.717) is 26.3 Å². The van der Waals surface area contributed by atoms with E-state index >= 15 is 0 Å². The van der Waals surface area contributed by atoms with Crippen LogP contribution in [0.15, 0.2) is 30.3 Å². The van der Waals surface area contributed by atoms with Crippen molar-refractivity contribution in [2.75, 3.05) is 5.32 Å². The highest BCUT2D eigenvalue weighted by atomic mass is 35.5. The summed E-state index contributed by atoms with van der Waals surface area (Å²) < 4.78 is 0. The lowest BCUT2D eigenvalue weighted by Gasteiger charge is -2.12. The van der Waals surface area contributed by atoms with Crippen LogP contribution in [0.4, 0.5) is 5.69 Å². The molecule has 0 fully saturated rings. The minimum Gasteiger partial charge on any atom is -0.331 e. The van der Waals surface area contributed by atoms with Crippen LogP contribution in [0.3, 0.4) is 0 Å². The molecule has 0 aliphatic rings. The molecule has 0 radical (unpaired) electrons. The predicted octanol–water partition coefficient (Wildman–Crippen LogP) is 5.39. The van der Waals surface area contributed by atoms with Gasteiger partial charge in [0.15, 0.2) is 5.11 Å². The van der Waals surface area contributed by atoms with Crippen LogP contribution in [0.25, 0.3) is 0 Å². The van der Waals surface area contributed by atoms with Crippen molar-refractivity contribution in [2.24, 2.45) is 0 Å². The molecule has 0 unspecified atom stereocenters. The van der Waals surface area contributed by atoms with Gasteiger partial charge in [-0.2, -0.15) is 0 Å². The molecule has 0 aliphatic carbocycles. The van der Waals surface area contributed by atoms with Gasteiger partial charge in [0.05, 0.1) is 20.8 Å². The molecule has 23 heavy (non-hydrogen) atoms. The maximum atomic E-state index is 12.2. The van der Waals surface area contributed by atoms with Gasteiger partial charge < -0.3 is 5.32 Å². The van der Waals surface area contributed by atoms with Crippen molar-refractivity contribution >= 4 is 63.7 Å². The van der Waals surface area contributed by atoms with E-state index in [1.165, 1.54) is 6.07 Å². The summed E-state index contributed by atoms with van der Waals surface area (Å²) in [5, 5.41) is 6.58. The zero-order valence-corrected chi connectivity index (χ0v) is 15.4. The largest absolute Gasteiger partial charge is 0.331 e. The second kappa shape index (κ2) is 7.49. The third-order valence-corrected chi connectivity index (χ3v) is 4.21. The molecule has 2 N–H and O–H groups in total. The summed E-state index contributed by atoms with van der Waals surface area (Å²) in [4.78, 5) is 12.2. The van der Waals surface area contributed by atoms with Crippen molar-refractivity contribution in [1.82, 2.24) is 5.32 Å². The van der Waals surface area contributed by atoms with Crippen molar-refractivity contribution in [2.45, 2.75) is 13.8 Å². The molecule has 3 nitrogen and oxygen atoms in total. The van der Waals surface area contributed by atoms with Crippen molar-refractivity contribution in [3.8, 4) is 0 Å². The molecule has 0 aromatic heterocycles. The predicted molar refractivity (Wildman–Crippen MR) is 101 cm³/mol. The van der Waals surface area contributed by atoms with Gasteiger partial charge in [0.25, 0.3) is 5.91 Å². The van der Waals surface area contributed by atoms with E-state index in [1.807, 2.05) is 19.9 Å². The lowest BCUT2D eigenvalue weighted by molar-refractivity contribution is 0.0977. The highest BCUT2D eigenvalue weighted by Gasteiger charge is 2.11. The summed E-state index contributed by atoms with van der Waals surface area (Å²) >= 11 is 23.0. The fraction of sp³-hybridized carbons (Fsp3) is 0.125. The van der Waals surface area contributed by atoms with Gasteiger partial charge in [-0.3, -0.25) is 10.1 Å². The van der Waals surface area contributed by atoms with Gasteiger partial charge in [0.1, 0.15) is 0 Å². The van der Waals surface area contributed by atoms with E-state index in [1.54, 1.807) is 18.2 Å². The quantitative estimate of drug-likeness (QED) is 0.536. The van der Waals surface area contributed by atoms with E-state index in [9.17, 15) is 4.79 Å². The van der Waals surface area contributed by atoms with Crippen molar-refractivity contribution in [3.05, 3.63) is 62.1 Å². The van der Waals surface area contributed by atoms with E-state index in [2.05, 4.69) is 10.6 Å². The van der Waals surface area contributed by atoms with E-state index < -0.39 is 0 Å². The Kier molecular flexibility index (Phi) is 5.87.